The van der Waals surface area contributed by atoms with E-state index in [2.05, 4.69) is 26.1 Å². The maximum Gasteiger partial charge on any atom is 0.258 e. The number of rotatable bonds is 2. The van der Waals surface area contributed by atoms with E-state index in [0.29, 0.717) is 11.7 Å². The zero-order valence-corrected chi connectivity index (χ0v) is 13.1. The van der Waals surface area contributed by atoms with E-state index in [4.69, 9.17) is 10.3 Å². The van der Waals surface area contributed by atoms with Crippen molar-refractivity contribution in [3.05, 3.63) is 34.1 Å². The van der Waals surface area contributed by atoms with Crippen molar-refractivity contribution < 1.29 is 4.52 Å². The Morgan fingerprint density at radius 2 is 2.00 bits per heavy atom. The quantitative estimate of drug-likeness (QED) is 0.903. The third-order valence-corrected chi connectivity index (χ3v) is 4.54. The zero-order valence-electron chi connectivity index (χ0n) is 11.5. The van der Waals surface area contributed by atoms with Crippen molar-refractivity contribution in [3.8, 4) is 11.5 Å². The standard InChI is InChI=1S/C15H18BrN3O/c1-10-5-6-11(16)9-12(10)13-18-14(19-20-13)15(17)7-3-2-4-8-15/h5-6,9H,2-4,7-8,17H2,1H3. The molecule has 1 aromatic heterocycles. The summed E-state index contributed by atoms with van der Waals surface area (Å²) in [7, 11) is 0. The average molecular weight is 336 g/mol. The van der Waals surface area contributed by atoms with E-state index >= 15 is 0 Å². The smallest absolute Gasteiger partial charge is 0.258 e. The van der Waals surface area contributed by atoms with Crippen LogP contribution in [-0.4, -0.2) is 10.1 Å². The topological polar surface area (TPSA) is 64.9 Å². The Morgan fingerprint density at radius 1 is 1.25 bits per heavy atom. The van der Waals surface area contributed by atoms with Gasteiger partial charge in [-0.2, -0.15) is 4.98 Å². The monoisotopic (exact) mass is 335 g/mol. The summed E-state index contributed by atoms with van der Waals surface area (Å²) in [4.78, 5) is 4.55. The van der Waals surface area contributed by atoms with E-state index in [0.717, 1.165) is 41.3 Å². The first-order valence-electron chi connectivity index (χ1n) is 6.98. The molecule has 1 aliphatic carbocycles. The lowest BCUT2D eigenvalue weighted by Crippen LogP contribution is -2.39. The minimum Gasteiger partial charge on any atom is -0.334 e. The molecule has 0 saturated heterocycles. The molecule has 3 rings (SSSR count). The summed E-state index contributed by atoms with van der Waals surface area (Å²) < 4.78 is 6.44. The Balaban J connectivity index is 1.95. The lowest BCUT2D eigenvalue weighted by molar-refractivity contribution is 0.275. The summed E-state index contributed by atoms with van der Waals surface area (Å²) in [5, 5.41) is 4.13. The molecule has 1 aromatic carbocycles. The van der Waals surface area contributed by atoms with Gasteiger partial charge in [-0.15, -0.1) is 0 Å². The number of nitrogens with two attached hydrogens (primary N) is 1. The minimum absolute atomic E-state index is 0.417. The molecule has 1 heterocycles. The molecule has 0 bridgehead atoms. The lowest BCUT2D eigenvalue weighted by Gasteiger charge is -2.29. The molecule has 0 radical (unpaired) electrons. The second-order valence-electron chi connectivity index (χ2n) is 5.60. The van der Waals surface area contributed by atoms with E-state index in [1.807, 2.05) is 25.1 Å². The molecule has 20 heavy (non-hydrogen) atoms. The fourth-order valence-corrected chi connectivity index (χ4v) is 3.13. The highest BCUT2D eigenvalue weighted by atomic mass is 79.9. The van der Waals surface area contributed by atoms with Crippen LogP contribution in [0.4, 0.5) is 0 Å². The van der Waals surface area contributed by atoms with Crippen LogP contribution in [0.5, 0.6) is 0 Å². The molecule has 1 aliphatic rings. The lowest BCUT2D eigenvalue weighted by atomic mass is 9.82. The molecular weight excluding hydrogens is 318 g/mol. The number of benzene rings is 1. The van der Waals surface area contributed by atoms with Crippen LogP contribution in [-0.2, 0) is 5.54 Å². The number of halogens is 1. The van der Waals surface area contributed by atoms with Crippen molar-refractivity contribution in [1.82, 2.24) is 10.1 Å². The van der Waals surface area contributed by atoms with Gasteiger partial charge in [0.25, 0.3) is 5.89 Å². The number of hydrogen-bond acceptors (Lipinski definition) is 4. The number of hydrogen-bond donors (Lipinski definition) is 1. The van der Waals surface area contributed by atoms with Gasteiger partial charge in [0, 0.05) is 10.0 Å². The van der Waals surface area contributed by atoms with Crippen LogP contribution in [0.25, 0.3) is 11.5 Å². The second-order valence-corrected chi connectivity index (χ2v) is 6.51. The molecule has 4 nitrogen and oxygen atoms in total. The predicted octanol–water partition coefficient (Wildman–Crippen LogP) is 3.93. The largest absolute Gasteiger partial charge is 0.334 e. The average Bonchev–Trinajstić information content (AvgIpc) is 2.93. The Labute approximate surface area is 126 Å². The van der Waals surface area contributed by atoms with Gasteiger partial charge in [0.05, 0.1) is 5.54 Å². The summed E-state index contributed by atoms with van der Waals surface area (Å²) in [6.45, 7) is 2.03. The maximum absolute atomic E-state index is 6.45. The summed E-state index contributed by atoms with van der Waals surface area (Å²) in [5.74, 6) is 1.20. The maximum atomic E-state index is 6.45. The first-order chi connectivity index (χ1) is 9.58. The highest BCUT2D eigenvalue weighted by molar-refractivity contribution is 9.10. The zero-order chi connectivity index (χ0) is 14.2. The fraction of sp³-hybridized carbons (Fsp3) is 0.467. The summed E-state index contributed by atoms with van der Waals surface area (Å²) in [5.41, 5.74) is 8.09. The van der Waals surface area contributed by atoms with Crippen LogP contribution >= 0.6 is 15.9 Å². The molecule has 0 aliphatic heterocycles. The van der Waals surface area contributed by atoms with Gasteiger partial charge in [0.15, 0.2) is 5.82 Å². The molecule has 1 saturated carbocycles. The molecule has 1 fully saturated rings. The number of aromatic nitrogens is 2. The molecule has 2 N–H and O–H groups in total. The molecule has 0 unspecified atom stereocenters. The summed E-state index contributed by atoms with van der Waals surface area (Å²) >= 11 is 3.47. The highest BCUT2D eigenvalue weighted by Crippen LogP contribution is 2.34. The number of nitrogens with zero attached hydrogens (tertiary/aromatic N) is 2. The summed E-state index contributed by atoms with van der Waals surface area (Å²) in [6.07, 6.45) is 5.38. The molecular formula is C15H18BrN3O. The third kappa shape index (κ3) is 2.52. The van der Waals surface area contributed by atoms with E-state index < -0.39 is 5.54 Å². The van der Waals surface area contributed by atoms with Gasteiger partial charge >= 0.3 is 0 Å². The van der Waals surface area contributed by atoms with Crippen LogP contribution in [0.15, 0.2) is 27.2 Å². The molecule has 106 valence electrons. The van der Waals surface area contributed by atoms with Crippen LogP contribution < -0.4 is 5.73 Å². The van der Waals surface area contributed by atoms with E-state index in [1.54, 1.807) is 0 Å². The second kappa shape index (κ2) is 5.30. The van der Waals surface area contributed by atoms with Crippen LogP contribution in [0.2, 0.25) is 0 Å². The van der Waals surface area contributed by atoms with Crippen LogP contribution in [0.1, 0.15) is 43.5 Å². The first kappa shape index (κ1) is 13.8. The normalized spacial score (nSPS) is 18.1. The van der Waals surface area contributed by atoms with E-state index in [1.165, 1.54) is 6.42 Å². The molecule has 0 atom stereocenters. The molecule has 5 heteroatoms. The Morgan fingerprint density at radius 3 is 2.75 bits per heavy atom. The van der Waals surface area contributed by atoms with Crippen molar-refractivity contribution >= 4 is 15.9 Å². The van der Waals surface area contributed by atoms with Gasteiger partial charge in [-0.05, 0) is 37.5 Å². The van der Waals surface area contributed by atoms with Crippen LogP contribution in [0.3, 0.4) is 0 Å². The molecule has 0 spiro atoms. The molecule has 0 amide bonds. The van der Waals surface area contributed by atoms with Crippen molar-refractivity contribution in [2.75, 3.05) is 0 Å². The first-order valence-corrected chi connectivity index (χ1v) is 7.77. The van der Waals surface area contributed by atoms with Crippen LogP contribution in [0, 0.1) is 6.92 Å². The Bertz CT molecular complexity index is 617. The van der Waals surface area contributed by atoms with Gasteiger partial charge in [-0.25, -0.2) is 0 Å². The van der Waals surface area contributed by atoms with Gasteiger partial charge in [0.2, 0.25) is 0 Å². The van der Waals surface area contributed by atoms with Crippen molar-refractivity contribution in [3.63, 3.8) is 0 Å². The predicted molar refractivity (Wildman–Crippen MR) is 81.1 cm³/mol. The van der Waals surface area contributed by atoms with E-state index in [9.17, 15) is 0 Å². The Kier molecular flexibility index (Phi) is 3.65. The molecule has 2 aromatic rings. The van der Waals surface area contributed by atoms with Gasteiger partial charge in [-0.1, -0.05) is 46.4 Å². The van der Waals surface area contributed by atoms with Gasteiger partial charge in [-0.3, -0.25) is 0 Å². The Hall–Kier alpha value is -1.20. The third-order valence-electron chi connectivity index (χ3n) is 4.05. The SMILES string of the molecule is Cc1ccc(Br)cc1-c1nc(C2(N)CCCCC2)no1. The van der Waals surface area contributed by atoms with Crippen molar-refractivity contribution in [1.29, 1.82) is 0 Å². The van der Waals surface area contributed by atoms with Crippen molar-refractivity contribution in [2.45, 2.75) is 44.6 Å². The van der Waals surface area contributed by atoms with Gasteiger partial charge < -0.3 is 10.3 Å². The fourth-order valence-electron chi connectivity index (χ4n) is 2.77. The summed E-state index contributed by atoms with van der Waals surface area (Å²) in [6, 6.07) is 6.03. The highest BCUT2D eigenvalue weighted by Gasteiger charge is 2.34. The van der Waals surface area contributed by atoms with Gasteiger partial charge in [0.1, 0.15) is 0 Å². The van der Waals surface area contributed by atoms with Crippen molar-refractivity contribution in [2.24, 2.45) is 5.73 Å². The number of aryl methyl sites for hydroxylation is 1. The minimum atomic E-state index is -0.417. The van der Waals surface area contributed by atoms with E-state index in [-0.39, 0.29) is 0 Å².